The molecular formula is C28H32Cl2N2O6S. The molecule has 0 radical (unpaired) electrons. The van der Waals surface area contributed by atoms with E-state index in [1.165, 1.54) is 0 Å². The third-order valence-corrected chi connectivity index (χ3v) is 10.4. The van der Waals surface area contributed by atoms with Gasteiger partial charge in [0.1, 0.15) is 12.2 Å². The van der Waals surface area contributed by atoms with Crippen LogP contribution >= 0.6 is 23.2 Å². The van der Waals surface area contributed by atoms with E-state index >= 15 is 0 Å². The van der Waals surface area contributed by atoms with E-state index in [0.29, 0.717) is 27.7 Å². The van der Waals surface area contributed by atoms with Gasteiger partial charge in [0.15, 0.2) is 0 Å². The summed E-state index contributed by atoms with van der Waals surface area (Å²) >= 11 is 12.5. The molecule has 1 aliphatic carbocycles. The summed E-state index contributed by atoms with van der Waals surface area (Å²) in [6.45, 7) is 2.37. The lowest BCUT2D eigenvalue weighted by atomic mass is 9.89. The molecule has 3 aliphatic rings. The van der Waals surface area contributed by atoms with Crippen LogP contribution in [-0.4, -0.2) is 65.1 Å². The Balaban J connectivity index is 1.63. The summed E-state index contributed by atoms with van der Waals surface area (Å²) in [6.07, 6.45) is 0.599. The fraction of sp³-hybridized carbons (Fsp3) is 0.500. The third-order valence-electron chi connectivity index (χ3n) is 7.93. The number of nitrogens with zero attached hydrogens (tertiary/aromatic N) is 2. The second-order valence-electron chi connectivity index (χ2n) is 10.7. The Morgan fingerprint density at radius 3 is 2.38 bits per heavy atom. The standard InChI is InChI=1S/C28H32Cl2N2O6S/c1-17-4-3-13-31(17)39(36,37)16-23(18-7-8-18)32-26(19-9-11-21(29)12-10-19)27(20-5-2-6-22(30)14-20)38-24(28(32)35)15-25(33)34/h2,5-6,9-12,14,17-18,23-24,26-27H,3-4,7-8,13,15-16H2,1H3,(H,33,34)/t17-,23+,24-,26+,27+/m0/s1. The molecule has 11 heteroatoms. The highest BCUT2D eigenvalue weighted by atomic mass is 35.5. The quantitative estimate of drug-likeness (QED) is 0.434. The first-order valence-electron chi connectivity index (χ1n) is 13.2. The van der Waals surface area contributed by atoms with E-state index in [4.69, 9.17) is 27.9 Å². The molecule has 2 saturated heterocycles. The van der Waals surface area contributed by atoms with Gasteiger partial charge in [0.05, 0.1) is 24.3 Å². The molecule has 5 rings (SSSR count). The normalized spacial score (nSPS) is 27.1. The number of hydrogen-bond donors (Lipinski definition) is 1. The number of amides is 1. The van der Waals surface area contributed by atoms with Crippen molar-refractivity contribution in [2.24, 2.45) is 5.92 Å². The number of carboxylic acid groups (broad SMARTS) is 1. The van der Waals surface area contributed by atoms with Crippen LogP contribution < -0.4 is 0 Å². The molecule has 8 nitrogen and oxygen atoms in total. The van der Waals surface area contributed by atoms with Crippen LogP contribution in [0.4, 0.5) is 0 Å². The summed E-state index contributed by atoms with van der Waals surface area (Å²) in [5.74, 6) is -1.93. The van der Waals surface area contributed by atoms with Gasteiger partial charge < -0.3 is 14.7 Å². The van der Waals surface area contributed by atoms with Crippen molar-refractivity contribution in [2.45, 2.75) is 69.4 Å². The molecule has 0 bridgehead atoms. The fourth-order valence-corrected chi connectivity index (χ4v) is 8.36. The summed E-state index contributed by atoms with van der Waals surface area (Å²) in [5, 5.41) is 10.6. The maximum absolute atomic E-state index is 14.1. The Labute approximate surface area is 238 Å². The lowest BCUT2D eigenvalue weighted by molar-refractivity contribution is -0.183. The minimum Gasteiger partial charge on any atom is -0.481 e. The second-order valence-corrected chi connectivity index (χ2v) is 13.6. The highest BCUT2D eigenvalue weighted by molar-refractivity contribution is 7.89. The van der Waals surface area contributed by atoms with Gasteiger partial charge in [0.2, 0.25) is 10.0 Å². The zero-order valence-corrected chi connectivity index (χ0v) is 23.9. The molecule has 39 heavy (non-hydrogen) atoms. The highest BCUT2D eigenvalue weighted by Gasteiger charge is 2.52. The average molecular weight is 596 g/mol. The number of ether oxygens (including phenoxy) is 1. The maximum atomic E-state index is 14.1. The van der Waals surface area contributed by atoms with Gasteiger partial charge >= 0.3 is 5.97 Å². The number of sulfonamides is 1. The molecular weight excluding hydrogens is 563 g/mol. The number of rotatable bonds is 9. The number of carbonyl (C=O) groups is 2. The fourth-order valence-electron chi connectivity index (χ4n) is 5.92. The summed E-state index contributed by atoms with van der Waals surface area (Å²) in [4.78, 5) is 27.5. The van der Waals surface area contributed by atoms with E-state index in [2.05, 4.69) is 0 Å². The van der Waals surface area contributed by atoms with E-state index in [1.54, 1.807) is 51.7 Å². The number of halogens is 2. The molecule has 2 aromatic rings. The highest BCUT2D eigenvalue weighted by Crippen LogP contribution is 2.48. The van der Waals surface area contributed by atoms with E-state index in [-0.39, 0.29) is 17.7 Å². The van der Waals surface area contributed by atoms with Gasteiger partial charge in [-0.25, -0.2) is 8.42 Å². The molecule has 2 aromatic carbocycles. The molecule has 0 aromatic heterocycles. The minimum atomic E-state index is -3.69. The first kappa shape index (κ1) is 28.4. The Morgan fingerprint density at radius 2 is 1.79 bits per heavy atom. The molecule has 1 N–H and O–H groups in total. The first-order valence-corrected chi connectivity index (χ1v) is 15.6. The number of morpholine rings is 1. The lowest BCUT2D eigenvalue weighted by Gasteiger charge is -2.48. The molecule has 2 aliphatic heterocycles. The number of carbonyl (C=O) groups excluding carboxylic acids is 1. The second kappa shape index (κ2) is 11.4. The molecule has 210 valence electrons. The topological polar surface area (TPSA) is 104 Å². The largest absolute Gasteiger partial charge is 0.481 e. The molecule has 5 atom stereocenters. The van der Waals surface area contributed by atoms with Crippen molar-refractivity contribution >= 4 is 45.1 Å². The summed E-state index contributed by atoms with van der Waals surface area (Å²) < 4.78 is 35.2. The maximum Gasteiger partial charge on any atom is 0.306 e. The molecule has 3 fully saturated rings. The summed E-state index contributed by atoms with van der Waals surface area (Å²) in [6, 6.07) is 12.6. The van der Waals surface area contributed by atoms with Crippen LogP contribution in [0.15, 0.2) is 48.5 Å². The average Bonchev–Trinajstić information content (AvgIpc) is 3.63. The van der Waals surface area contributed by atoms with E-state index in [0.717, 1.165) is 25.7 Å². The van der Waals surface area contributed by atoms with Crippen molar-refractivity contribution in [3.63, 3.8) is 0 Å². The minimum absolute atomic E-state index is 0.0139. The van der Waals surface area contributed by atoms with E-state index < -0.39 is 52.6 Å². The summed E-state index contributed by atoms with van der Waals surface area (Å²) in [7, 11) is -3.69. The number of hydrogen-bond acceptors (Lipinski definition) is 5. The van der Waals surface area contributed by atoms with Crippen LogP contribution in [0.2, 0.25) is 10.0 Å². The van der Waals surface area contributed by atoms with Crippen molar-refractivity contribution < 1.29 is 27.9 Å². The van der Waals surface area contributed by atoms with Crippen LogP contribution in [0.3, 0.4) is 0 Å². The zero-order chi connectivity index (χ0) is 27.9. The van der Waals surface area contributed by atoms with Gasteiger partial charge in [-0.3, -0.25) is 9.59 Å². The smallest absolute Gasteiger partial charge is 0.306 e. The van der Waals surface area contributed by atoms with Crippen molar-refractivity contribution in [2.75, 3.05) is 12.3 Å². The Hall–Kier alpha value is -2.17. The van der Waals surface area contributed by atoms with Crippen LogP contribution in [-0.2, 0) is 24.3 Å². The van der Waals surface area contributed by atoms with Gasteiger partial charge in [0, 0.05) is 22.6 Å². The van der Waals surface area contributed by atoms with Crippen molar-refractivity contribution in [1.29, 1.82) is 0 Å². The number of aliphatic carboxylic acids is 1. The predicted octanol–water partition coefficient (Wildman–Crippen LogP) is 5.07. The zero-order valence-electron chi connectivity index (χ0n) is 21.6. The van der Waals surface area contributed by atoms with Gasteiger partial charge in [0.25, 0.3) is 5.91 Å². The third kappa shape index (κ3) is 6.12. The first-order chi connectivity index (χ1) is 18.5. The summed E-state index contributed by atoms with van der Waals surface area (Å²) in [5.41, 5.74) is 1.38. The van der Waals surface area contributed by atoms with Crippen LogP contribution in [0.5, 0.6) is 0 Å². The predicted molar refractivity (Wildman–Crippen MR) is 148 cm³/mol. The monoisotopic (exact) mass is 594 g/mol. The Bertz CT molecular complexity index is 1330. The Morgan fingerprint density at radius 1 is 1.08 bits per heavy atom. The van der Waals surface area contributed by atoms with Gasteiger partial charge in [-0.2, -0.15) is 4.31 Å². The lowest BCUT2D eigenvalue weighted by Crippen LogP contribution is -2.58. The van der Waals surface area contributed by atoms with Gasteiger partial charge in [-0.1, -0.05) is 47.5 Å². The molecule has 2 heterocycles. The van der Waals surface area contributed by atoms with E-state index in [9.17, 15) is 23.1 Å². The van der Waals surface area contributed by atoms with Crippen LogP contribution in [0.25, 0.3) is 0 Å². The van der Waals surface area contributed by atoms with E-state index in [1.807, 2.05) is 13.0 Å². The number of carboxylic acids is 1. The van der Waals surface area contributed by atoms with Crippen molar-refractivity contribution in [1.82, 2.24) is 9.21 Å². The molecule has 1 saturated carbocycles. The Kier molecular flexibility index (Phi) is 8.27. The van der Waals surface area contributed by atoms with Crippen LogP contribution in [0.1, 0.15) is 62.3 Å². The van der Waals surface area contributed by atoms with Crippen molar-refractivity contribution in [3.8, 4) is 0 Å². The van der Waals surface area contributed by atoms with Gasteiger partial charge in [-0.15, -0.1) is 0 Å². The number of benzene rings is 2. The molecule has 0 spiro atoms. The SMILES string of the molecule is C[C@H]1CCCN1S(=O)(=O)C[C@H](C1CC1)N1C(=O)[C@H](CC(=O)O)O[C@H](c2cccc(Cl)c2)[C@H]1c1ccc(Cl)cc1. The van der Waals surface area contributed by atoms with Crippen LogP contribution in [0, 0.1) is 5.92 Å². The van der Waals surface area contributed by atoms with Crippen molar-refractivity contribution in [3.05, 3.63) is 69.7 Å². The molecule has 0 unspecified atom stereocenters. The van der Waals surface area contributed by atoms with Gasteiger partial charge in [-0.05, 0) is 73.9 Å². The molecule has 1 amide bonds.